The van der Waals surface area contributed by atoms with Crippen molar-refractivity contribution in [3.05, 3.63) is 60.2 Å². The molecule has 540 valence electrons. The van der Waals surface area contributed by atoms with E-state index in [1.165, 1.54) is 11.6 Å². The first-order valence-electron chi connectivity index (χ1n) is 33.6. The number of rotatable bonds is 50. The van der Waals surface area contributed by atoms with Crippen molar-refractivity contribution < 1.29 is 122 Å². The van der Waals surface area contributed by atoms with E-state index < -0.39 is 177 Å². The van der Waals surface area contributed by atoms with Gasteiger partial charge >= 0.3 is 0 Å². The highest BCUT2D eigenvalue weighted by Crippen LogP contribution is 2.33. The zero-order valence-corrected chi connectivity index (χ0v) is 55.2. The highest BCUT2D eigenvalue weighted by molar-refractivity contribution is 6.25. The summed E-state index contributed by atoms with van der Waals surface area (Å²) in [6.45, 7) is 8.34. The van der Waals surface area contributed by atoms with Crippen LogP contribution in [-0.4, -0.2) is 272 Å². The topological polar surface area (TPSA) is 464 Å². The Morgan fingerprint density at radius 1 is 0.500 bits per heavy atom. The lowest BCUT2D eigenvalue weighted by atomic mass is 9.85. The fourth-order valence-electron chi connectivity index (χ4n) is 12.0. The highest BCUT2D eigenvalue weighted by Gasteiger charge is 2.49. The molecule has 2 heterocycles. The number of halogens is 1. The molecule has 0 unspecified atom stereocenters. The van der Waals surface area contributed by atoms with Crippen LogP contribution < -0.4 is 0 Å². The third-order valence-electron chi connectivity index (χ3n) is 18.4. The molecule has 0 saturated carbocycles. The number of aliphatic hydroxyl groups is 22. The van der Waals surface area contributed by atoms with Gasteiger partial charge in [0.2, 0.25) is 0 Å². The third-order valence-corrected chi connectivity index (χ3v) is 18.6. The van der Waals surface area contributed by atoms with Crippen molar-refractivity contribution in [1.29, 1.82) is 0 Å². The van der Waals surface area contributed by atoms with Gasteiger partial charge in [0.25, 0.3) is 0 Å². The fraction of sp³-hybridized carbons (Fsp3) is 0.851. The van der Waals surface area contributed by atoms with E-state index in [1.54, 1.807) is 45.1 Å². The molecule has 25 heteroatoms. The van der Waals surface area contributed by atoms with Crippen LogP contribution in [0.4, 0.5) is 0 Å². The maximum atomic E-state index is 11.2. The van der Waals surface area contributed by atoms with E-state index in [4.69, 9.17) is 26.2 Å². The molecule has 2 fully saturated rings. The summed E-state index contributed by atoms with van der Waals surface area (Å²) in [6, 6.07) is 0. The first-order chi connectivity index (χ1) is 43.5. The lowest BCUT2D eigenvalue weighted by Gasteiger charge is -2.43. The molecule has 2 aliphatic heterocycles. The highest BCUT2D eigenvalue weighted by atomic mass is 35.5. The van der Waals surface area contributed by atoms with Gasteiger partial charge in [0.05, 0.1) is 92.1 Å². The monoisotopic (exact) mass is 1340 g/mol. The molecule has 24 nitrogen and oxygen atoms in total. The number of hydrogen-bond acceptors (Lipinski definition) is 24. The molecule has 0 aromatic heterocycles. The number of hydrogen-bond donors (Lipinski definition) is 22. The zero-order chi connectivity index (χ0) is 69.2. The molecule has 0 bridgehead atoms. The molecular formula is C67H121ClO24. The average Bonchev–Trinajstić information content (AvgIpc) is 0.872. The van der Waals surface area contributed by atoms with Crippen molar-refractivity contribution in [2.24, 2.45) is 17.8 Å². The van der Waals surface area contributed by atoms with Gasteiger partial charge in [-0.25, -0.2) is 0 Å². The van der Waals surface area contributed by atoms with Crippen molar-refractivity contribution in [1.82, 2.24) is 0 Å². The van der Waals surface area contributed by atoms with Crippen molar-refractivity contribution >= 4 is 11.6 Å². The Hall–Kier alpha value is -1.97. The molecule has 0 amide bonds. The van der Waals surface area contributed by atoms with E-state index in [-0.39, 0.29) is 76.4 Å². The first-order valence-corrected chi connectivity index (χ1v) is 34.1. The SMILES string of the molecule is C=C(CC[C@H](O)[C@@H]1O[C@@H](C[C@@H](O)[C@H](O)[C@H](C)CCC[C@H](O)[C@@H](O)[C@@H](O)[C@H](C)CC[C@H](O)[C@H](O)[C@@H](C)C[C@H](O)CCC[C@@H](O)CCC[C@@H](O)/C=C/C[C@@H](O)CO)[C@H](O)[C@H](O)[C@H]1O)[C@@H](O)[C@@H](O)[C@@H]1C[C@H](O)[C@H](O)[C@@H]([C@@H](O)[C@H](O)/C=C/CCCCCCCC/C=C/C=C/Cl)O1. The summed E-state index contributed by atoms with van der Waals surface area (Å²) in [6.07, 6.45) is -13.8. The number of unbranched alkanes of at least 4 members (excludes halogenated alkanes) is 7. The maximum Gasteiger partial charge on any atom is 0.115 e. The van der Waals surface area contributed by atoms with Crippen LogP contribution in [0.5, 0.6) is 0 Å². The smallest absolute Gasteiger partial charge is 0.115 e. The van der Waals surface area contributed by atoms with Gasteiger partial charge in [-0.15, -0.1) is 0 Å². The molecule has 22 N–H and O–H groups in total. The summed E-state index contributed by atoms with van der Waals surface area (Å²) in [4.78, 5) is 0. The van der Waals surface area contributed by atoms with Crippen LogP contribution in [0.25, 0.3) is 0 Å². The lowest BCUT2D eigenvalue weighted by Crippen LogP contribution is -2.61. The Morgan fingerprint density at radius 2 is 1.08 bits per heavy atom. The second kappa shape index (κ2) is 47.1. The van der Waals surface area contributed by atoms with Crippen LogP contribution in [0.1, 0.15) is 181 Å². The number of aliphatic hydroxyl groups excluding tert-OH is 22. The first kappa shape index (κ1) is 86.1. The molecule has 0 spiro atoms. The van der Waals surface area contributed by atoms with Crippen LogP contribution >= 0.6 is 11.6 Å². The predicted octanol–water partition coefficient (Wildman–Crippen LogP) is 0.731. The number of ether oxygens (including phenoxy) is 2. The fourth-order valence-corrected chi connectivity index (χ4v) is 12.1. The van der Waals surface area contributed by atoms with E-state index >= 15 is 0 Å². The molecule has 28 atom stereocenters. The normalized spacial score (nSPS) is 28.2. The van der Waals surface area contributed by atoms with Gasteiger partial charge in [-0.1, -0.05) is 114 Å². The summed E-state index contributed by atoms with van der Waals surface area (Å²) < 4.78 is 11.6. The van der Waals surface area contributed by atoms with Crippen molar-refractivity contribution in [2.75, 3.05) is 6.61 Å². The third kappa shape index (κ3) is 31.7. The lowest BCUT2D eigenvalue weighted by molar-refractivity contribution is -0.250. The molecule has 2 rings (SSSR count). The van der Waals surface area contributed by atoms with Crippen LogP contribution in [0.2, 0.25) is 0 Å². The Labute approximate surface area is 549 Å². The molecule has 0 aliphatic carbocycles. The molecule has 0 radical (unpaired) electrons. The predicted molar refractivity (Wildman–Crippen MR) is 345 cm³/mol. The molecule has 0 aromatic carbocycles. The van der Waals surface area contributed by atoms with E-state index in [0.717, 1.165) is 44.9 Å². The maximum absolute atomic E-state index is 11.2. The van der Waals surface area contributed by atoms with Crippen LogP contribution in [0.15, 0.2) is 60.2 Å². The van der Waals surface area contributed by atoms with Crippen molar-refractivity contribution in [2.45, 2.75) is 334 Å². The minimum Gasteiger partial charge on any atom is -0.394 e. The summed E-state index contributed by atoms with van der Waals surface area (Å²) in [7, 11) is 0. The van der Waals surface area contributed by atoms with Gasteiger partial charge in [-0.05, 0) is 139 Å². The Balaban J connectivity index is 1.79. The Kier molecular flexibility index (Phi) is 44.1. The number of allylic oxidation sites excluding steroid dienone is 4. The van der Waals surface area contributed by atoms with E-state index in [9.17, 15) is 107 Å². The zero-order valence-electron chi connectivity index (χ0n) is 54.4. The van der Waals surface area contributed by atoms with Crippen LogP contribution in [0, 0.1) is 17.8 Å². The van der Waals surface area contributed by atoms with Gasteiger partial charge in [-0.3, -0.25) is 0 Å². The van der Waals surface area contributed by atoms with Crippen molar-refractivity contribution in [3.8, 4) is 0 Å². The summed E-state index contributed by atoms with van der Waals surface area (Å²) in [5.41, 5.74) is 1.41. The minimum atomic E-state index is -1.87. The van der Waals surface area contributed by atoms with Gasteiger partial charge in [0.1, 0.15) is 67.1 Å². The van der Waals surface area contributed by atoms with Crippen LogP contribution in [-0.2, 0) is 9.47 Å². The Morgan fingerprint density at radius 3 is 1.72 bits per heavy atom. The van der Waals surface area contributed by atoms with Gasteiger partial charge in [-0.2, -0.15) is 0 Å². The van der Waals surface area contributed by atoms with E-state index in [1.807, 2.05) is 6.08 Å². The van der Waals surface area contributed by atoms with Gasteiger partial charge in [0.15, 0.2) is 0 Å². The molecular weight excluding hydrogens is 1220 g/mol. The summed E-state index contributed by atoms with van der Waals surface area (Å²) in [5.74, 6) is -1.79. The molecule has 2 saturated heterocycles. The van der Waals surface area contributed by atoms with E-state index in [0.29, 0.717) is 44.9 Å². The Bertz CT molecular complexity index is 2030. The second-order valence-corrected chi connectivity index (χ2v) is 26.7. The molecule has 92 heavy (non-hydrogen) atoms. The van der Waals surface area contributed by atoms with Gasteiger partial charge < -0.3 is 122 Å². The second-order valence-electron chi connectivity index (χ2n) is 26.4. The average molecular weight is 1350 g/mol. The van der Waals surface area contributed by atoms with Gasteiger partial charge in [0, 0.05) is 18.4 Å². The quantitative estimate of drug-likeness (QED) is 0.0227. The van der Waals surface area contributed by atoms with Crippen molar-refractivity contribution in [3.63, 3.8) is 0 Å². The minimum absolute atomic E-state index is 0.0254. The largest absolute Gasteiger partial charge is 0.394 e. The molecule has 0 aromatic rings. The van der Waals surface area contributed by atoms with Crippen LogP contribution in [0.3, 0.4) is 0 Å². The molecule has 2 aliphatic rings. The van der Waals surface area contributed by atoms with E-state index in [2.05, 4.69) is 12.7 Å². The summed E-state index contributed by atoms with van der Waals surface area (Å²) in [5, 5.41) is 235. The standard InChI is InChI=1S/C67H121ClO24/c1-39(21-17-29-47(74)59(84)57(82)40(2)30-32-49(76)56(81)42(4)35-45(72)26-19-24-43(70)22-18-23-44(71)25-20-27-46(73)38-69)55(80)51(78)36-54-63(88)64(89)65(90)66(91-54)50(77)33-31-41(3)58(83)62(87)53-37-52(79)61(86)67(92-53)60(85)48(75)28-15-13-11-9-7-5-6-8-10-12-14-16-34-68/h12,14-16,20,25,28,34,39-40,42-67,69-90H,3,5-11,13,17-19,21-24,26-27,29-33,35-38H2,1-2,4H3/b14-12+,25-20+,28-15+,34-16+/t39-,40-,42+,43+,44-,45-,46-,47+,48-,49+,50+,51-,52+,53+,54+,55-,56-,57+,58-,59-,60+,61+,62+,63+,64+,65-,66+,67-/m1/s1. The summed E-state index contributed by atoms with van der Waals surface area (Å²) >= 11 is 5.50.